The predicted molar refractivity (Wildman–Crippen MR) is 194 cm³/mol. The number of hydrogen-bond acceptors (Lipinski definition) is 11. The Morgan fingerprint density at radius 1 is 1.10 bits per heavy atom. The molecule has 1 amide bonds. The molecular weight excluding hydrogens is 655 g/mol. The third-order valence-electron chi connectivity index (χ3n) is 8.70. The molecule has 2 heterocycles. The van der Waals surface area contributed by atoms with E-state index in [4.69, 9.17) is 24.0 Å². The van der Waals surface area contributed by atoms with Crippen LogP contribution in [0.3, 0.4) is 0 Å². The molecule has 1 aromatic heterocycles. The molecule has 4 aromatic carbocycles. The van der Waals surface area contributed by atoms with Crippen LogP contribution >= 0.6 is 12.6 Å². The number of nitrogens with zero attached hydrogens (tertiary/aromatic N) is 3. The van der Waals surface area contributed by atoms with Crippen LogP contribution in [0, 0.1) is 23.7 Å². The van der Waals surface area contributed by atoms with Gasteiger partial charge in [-0.2, -0.15) is 5.26 Å². The number of fused-ring (bicyclic) bond motifs is 1. The van der Waals surface area contributed by atoms with Gasteiger partial charge in [-0.1, -0.05) is 24.3 Å². The number of amides is 1. The lowest BCUT2D eigenvalue weighted by molar-refractivity contribution is -0.117. The average molecular weight is 690 g/mol. The number of rotatable bonds is 12. The largest absolute Gasteiger partial charge is 0.496 e. The Morgan fingerprint density at radius 3 is 2.48 bits per heavy atom. The van der Waals surface area contributed by atoms with E-state index in [1.165, 1.54) is 6.21 Å². The first-order chi connectivity index (χ1) is 24.3. The van der Waals surface area contributed by atoms with Gasteiger partial charge in [-0.25, -0.2) is 4.98 Å². The number of hydrogen-bond donors (Lipinski definition) is 4. The standard InChI is InChI=1S/C38H35N5O6S/c1-22-26(6-4-7-27(22)38-42-32-13-23(19-44)12-24(16-39)37(32)49-38)28-8-5-9-31(29(28)17-40)41-25-14-34(46-2)30(35(15-25)47-3)18-43(21-45)33-10-11-48-20-36(33)50/h4-9,12-15,17,21,40-41,44,50H,10-11,18-20H2,1-3H3. The summed E-state index contributed by atoms with van der Waals surface area (Å²) < 4.78 is 23.1. The van der Waals surface area contributed by atoms with Gasteiger partial charge in [0.1, 0.15) is 23.1 Å². The fourth-order valence-electron chi connectivity index (χ4n) is 6.21. The minimum Gasteiger partial charge on any atom is -0.496 e. The number of thiol groups is 1. The second-order valence-electron chi connectivity index (χ2n) is 11.6. The van der Waals surface area contributed by atoms with Gasteiger partial charge in [-0.15, -0.1) is 12.6 Å². The van der Waals surface area contributed by atoms with Gasteiger partial charge < -0.3 is 39.4 Å². The number of aromatic nitrogens is 1. The van der Waals surface area contributed by atoms with Crippen molar-refractivity contribution in [1.82, 2.24) is 9.88 Å². The number of aliphatic hydroxyl groups excluding tert-OH is 1. The zero-order valence-corrected chi connectivity index (χ0v) is 28.6. The lowest BCUT2D eigenvalue weighted by Gasteiger charge is -2.27. The lowest BCUT2D eigenvalue weighted by Crippen LogP contribution is -2.26. The number of carbonyl (C=O) groups excluding carboxylic acids is 1. The highest BCUT2D eigenvalue weighted by molar-refractivity contribution is 7.84. The van der Waals surface area contributed by atoms with Gasteiger partial charge in [0.05, 0.1) is 51.7 Å². The van der Waals surface area contributed by atoms with Crippen LogP contribution in [0.4, 0.5) is 11.4 Å². The highest BCUT2D eigenvalue weighted by Gasteiger charge is 2.23. The monoisotopic (exact) mass is 689 g/mol. The predicted octanol–water partition coefficient (Wildman–Crippen LogP) is 7.11. The molecule has 3 N–H and O–H groups in total. The smallest absolute Gasteiger partial charge is 0.227 e. The van der Waals surface area contributed by atoms with E-state index in [1.54, 1.807) is 31.3 Å². The van der Waals surface area contributed by atoms with Crippen molar-refractivity contribution in [3.05, 3.63) is 99.1 Å². The summed E-state index contributed by atoms with van der Waals surface area (Å²) in [6.07, 6.45) is 2.65. The van der Waals surface area contributed by atoms with E-state index in [2.05, 4.69) is 29.0 Å². The number of benzene rings is 4. The van der Waals surface area contributed by atoms with Gasteiger partial charge in [0.15, 0.2) is 5.58 Å². The van der Waals surface area contributed by atoms with Crippen molar-refractivity contribution in [2.24, 2.45) is 0 Å². The maximum Gasteiger partial charge on any atom is 0.227 e. The van der Waals surface area contributed by atoms with Crippen LogP contribution in [0.2, 0.25) is 0 Å². The molecule has 0 atom stereocenters. The molecule has 0 unspecified atom stereocenters. The van der Waals surface area contributed by atoms with E-state index >= 15 is 0 Å². The number of anilines is 2. The Labute approximate surface area is 294 Å². The first-order valence-electron chi connectivity index (χ1n) is 15.7. The van der Waals surface area contributed by atoms with Crippen LogP contribution in [0.15, 0.2) is 75.7 Å². The number of nitriles is 1. The van der Waals surface area contributed by atoms with Crippen LogP contribution in [0.5, 0.6) is 11.5 Å². The third-order valence-corrected chi connectivity index (χ3v) is 9.09. The molecular formula is C38H35N5O6S. The third kappa shape index (κ3) is 6.54. The fourth-order valence-corrected chi connectivity index (χ4v) is 6.54. The van der Waals surface area contributed by atoms with Crippen LogP contribution in [-0.4, -0.2) is 55.0 Å². The zero-order valence-electron chi connectivity index (χ0n) is 27.7. The van der Waals surface area contributed by atoms with E-state index < -0.39 is 0 Å². The minimum atomic E-state index is -0.216. The average Bonchev–Trinajstić information content (AvgIpc) is 3.58. The first-order valence-corrected chi connectivity index (χ1v) is 16.2. The van der Waals surface area contributed by atoms with E-state index in [1.807, 2.05) is 55.5 Å². The summed E-state index contributed by atoms with van der Waals surface area (Å²) in [6.45, 7) is 2.82. The van der Waals surface area contributed by atoms with Gasteiger partial charge >= 0.3 is 0 Å². The summed E-state index contributed by atoms with van der Waals surface area (Å²) in [7, 11) is 3.13. The van der Waals surface area contributed by atoms with Crippen LogP contribution < -0.4 is 14.8 Å². The molecule has 0 aliphatic carbocycles. The lowest BCUT2D eigenvalue weighted by atomic mass is 9.92. The van der Waals surface area contributed by atoms with Crippen molar-refractivity contribution in [2.75, 3.05) is 32.8 Å². The second kappa shape index (κ2) is 14.9. The number of ether oxygens (including phenoxy) is 3. The maximum absolute atomic E-state index is 12.2. The number of carbonyl (C=O) groups is 1. The van der Waals surface area contributed by atoms with E-state index in [0.29, 0.717) is 86.7 Å². The van der Waals surface area contributed by atoms with E-state index in [0.717, 1.165) is 34.4 Å². The summed E-state index contributed by atoms with van der Waals surface area (Å²) in [5.74, 6) is 1.39. The molecule has 12 heteroatoms. The molecule has 11 nitrogen and oxygen atoms in total. The topological polar surface area (TPSA) is 154 Å². The quantitative estimate of drug-likeness (QED) is 0.0610. The molecule has 5 aromatic rings. The van der Waals surface area contributed by atoms with Crippen LogP contribution in [-0.2, 0) is 22.7 Å². The molecule has 0 bridgehead atoms. The SMILES string of the molecule is COc1cc(Nc2cccc(-c3cccc(-c4nc5cc(CO)cc(C#N)c5o4)c3C)c2C=N)cc(OC)c1CN(C=O)C1=C(S)COCC1. The van der Waals surface area contributed by atoms with Gasteiger partial charge in [-0.05, 0) is 53.4 Å². The Bertz CT molecular complexity index is 2160. The zero-order chi connectivity index (χ0) is 35.4. The van der Waals surface area contributed by atoms with E-state index in [-0.39, 0.29) is 13.2 Å². The molecule has 1 aliphatic heterocycles. The van der Waals surface area contributed by atoms with E-state index in [9.17, 15) is 15.2 Å². The molecule has 0 spiro atoms. The van der Waals surface area contributed by atoms with Gasteiger partial charge in [-0.3, -0.25) is 4.79 Å². The summed E-state index contributed by atoms with van der Waals surface area (Å²) >= 11 is 4.53. The molecule has 1 aliphatic rings. The van der Waals surface area contributed by atoms with Gasteiger partial charge in [0.25, 0.3) is 0 Å². The molecule has 0 saturated carbocycles. The Kier molecular flexibility index (Phi) is 10.2. The number of methoxy groups -OCH3 is 2. The highest BCUT2D eigenvalue weighted by Crippen LogP contribution is 2.40. The Balaban J connectivity index is 1.36. The van der Waals surface area contributed by atoms with Crippen molar-refractivity contribution in [3.8, 4) is 40.1 Å². The second-order valence-corrected chi connectivity index (χ2v) is 12.1. The van der Waals surface area contributed by atoms with Crippen molar-refractivity contribution in [2.45, 2.75) is 26.5 Å². The van der Waals surface area contributed by atoms with Crippen LogP contribution in [0.25, 0.3) is 33.7 Å². The van der Waals surface area contributed by atoms with Crippen molar-refractivity contribution < 1.29 is 28.5 Å². The molecule has 6 rings (SSSR count). The maximum atomic E-state index is 12.2. The van der Waals surface area contributed by atoms with Crippen molar-refractivity contribution in [3.63, 3.8) is 0 Å². The minimum absolute atomic E-state index is 0.215. The van der Waals surface area contributed by atoms with Gasteiger partial charge in [0.2, 0.25) is 12.3 Å². The Morgan fingerprint density at radius 2 is 1.82 bits per heavy atom. The van der Waals surface area contributed by atoms with Gasteiger partial charge in [0, 0.05) is 57.9 Å². The molecule has 50 heavy (non-hydrogen) atoms. The molecule has 0 radical (unpaired) electrons. The number of aliphatic hydroxyl groups is 1. The molecule has 254 valence electrons. The highest BCUT2D eigenvalue weighted by atomic mass is 32.1. The molecule has 0 saturated heterocycles. The fraction of sp³-hybridized carbons (Fsp3) is 0.211. The summed E-state index contributed by atoms with van der Waals surface area (Å²) in [6, 6.07) is 20.6. The summed E-state index contributed by atoms with van der Waals surface area (Å²) in [5.41, 5.74) is 8.48. The molecule has 0 fully saturated rings. The summed E-state index contributed by atoms with van der Waals surface area (Å²) in [4.78, 5) is 19.1. The summed E-state index contributed by atoms with van der Waals surface area (Å²) in [5, 5.41) is 31.2. The van der Waals surface area contributed by atoms with Crippen molar-refractivity contribution >= 4 is 47.7 Å². The van der Waals surface area contributed by atoms with Crippen molar-refractivity contribution in [1.29, 1.82) is 10.7 Å². The Hall–Kier alpha value is -5.61. The van der Waals surface area contributed by atoms with Crippen LogP contribution in [0.1, 0.15) is 34.2 Å². The normalized spacial score (nSPS) is 12.8. The number of nitrogens with one attached hydrogen (secondary N) is 2. The first kappa shape index (κ1) is 34.3. The number of oxazole rings is 1.